The molecule has 1 saturated heterocycles. The fourth-order valence-electron chi connectivity index (χ4n) is 8.32. The second-order valence-corrected chi connectivity index (χ2v) is 18.6. The van der Waals surface area contributed by atoms with Crippen LogP contribution in [0.5, 0.6) is 0 Å². The van der Waals surface area contributed by atoms with Crippen LogP contribution in [0.4, 0.5) is 23.2 Å². The Labute approximate surface area is 356 Å². The lowest BCUT2D eigenvalue weighted by molar-refractivity contribution is -0.645. The number of fused-ring (bicyclic) bond motifs is 3. The number of carbonyl (C=O) groups is 3. The van der Waals surface area contributed by atoms with Gasteiger partial charge in [0, 0.05) is 72.4 Å². The molecule has 62 heavy (non-hydrogen) atoms. The van der Waals surface area contributed by atoms with Crippen LogP contribution in [-0.4, -0.2) is 66.8 Å². The molecule has 2 aliphatic rings. The second-order valence-electron chi connectivity index (χ2n) is 15.5. The number of halogens is 4. The van der Waals surface area contributed by atoms with Gasteiger partial charge in [0.1, 0.15) is 6.54 Å². The van der Waals surface area contributed by atoms with Crippen molar-refractivity contribution in [2.75, 3.05) is 23.0 Å². The third-order valence-corrected chi connectivity index (χ3v) is 12.8. The molecule has 0 aliphatic carbocycles. The van der Waals surface area contributed by atoms with Gasteiger partial charge in [-0.15, -0.1) is 5.06 Å². The maximum Gasteiger partial charge on any atom is 0.333 e. The molecule has 1 aromatic heterocycles. The molecule has 0 bridgehead atoms. The quantitative estimate of drug-likeness (QED) is 0.0149. The van der Waals surface area contributed by atoms with Gasteiger partial charge in [-0.2, -0.15) is 13.0 Å². The average molecular weight is 904 g/mol. The number of unbranched alkanes of at least 4 members (excludes halogenated alkanes) is 4. The monoisotopic (exact) mass is 903 g/mol. The number of hydroxylamine groups is 2. The summed E-state index contributed by atoms with van der Waals surface area (Å²) in [7, 11) is -8.76. The standard InChI is InChI=1S/C43H45F4N3O10S2/c1-43(23-8-2-3-20-36(53)60-50-34(51)21-22-35(50)52)33(49(25-10-12-27-62(57,58)59)42-37(43)38(44)39(45)40(46)41(42)47)19-13-16-28-29-14-4-6-17-31(29)48(24-9-11-26-61(54,55)56)32-18-7-5-15-30(28)32/h4-7,13-19H,2-3,8-12,20-27H2,1H3,(H-,54,55,56,57,58,59). The van der Waals surface area contributed by atoms with Crippen LogP contribution in [0.2, 0.25) is 0 Å². The van der Waals surface area contributed by atoms with E-state index in [0.29, 0.717) is 24.4 Å². The van der Waals surface area contributed by atoms with Crippen molar-refractivity contribution >= 4 is 71.6 Å². The van der Waals surface area contributed by atoms with Crippen LogP contribution in [-0.2, 0) is 51.4 Å². The summed E-state index contributed by atoms with van der Waals surface area (Å²) in [5.74, 6) is -10.5. The zero-order valence-electron chi connectivity index (χ0n) is 33.7. The zero-order chi connectivity index (χ0) is 45.0. The Bertz CT molecular complexity index is 2640. The summed E-state index contributed by atoms with van der Waals surface area (Å²) in [6.07, 6.45) is 5.94. The smallest absolute Gasteiger partial charge is 0.333 e. The van der Waals surface area contributed by atoms with Crippen molar-refractivity contribution in [1.29, 1.82) is 0 Å². The SMILES string of the molecule is CC1(CCCCCC(=O)ON2C(=O)CCC2=O)C(=CC=Cc2c3ccccc3[n+](CCCCS(=O)(=O)[O-])c3ccccc23)N(CCCCS(=O)(=O)O)c2c(F)c(F)c(F)c(F)c21. The number of aromatic nitrogens is 1. The molecule has 2 aliphatic heterocycles. The van der Waals surface area contributed by atoms with E-state index in [1.807, 2.05) is 53.1 Å². The normalized spacial score (nSPS) is 17.7. The van der Waals surface area contributed by atoms with Gasteiger partial charge in [-0.05, 0) is 57.2 Å². The van der Waals surface area contributed by atoms with E-state index in [1.165, 1.54) is 4.90 Å². The molecule has 1 unspecified atom stereocenters. The van der Waals surface area contributed by atoms with E-state index in [2.05, 4.69) is 0 Å². The highest BCUT2D eigenvalue weighted by molar-refractivity contribution is 7.85. The summed E-state index contributed by atoms with van der Waals surface area (Å²) in [5, 5.41) is 2.01. The molecule has 4 aromatic rings. The van der Waals surface area contributed by atoms with Crippen LogP contribution >= 0.6 is 0 Å². The molecule has 19 heteroatoms. The lowest BCUT2D eigenvalue weighted by Crippen LogP contribution is -2.36. The first-order valence-corrected chi connectivity index (χ1v) is 23.3. The van der Waals surface area contributed by atoms with Crippen molar-refractivity contribution < 1.29 is 67.3 Å². The number of rotatable bonds is 19. The Kier molecular flexibility index (Phi) is 14.2. The Morgan fingerprint density at radius 1 is 0.823 bits per heavy atom. The number of nitrogens with zero attached hydrogens (tertiary/aromatic N) is 3. The van der Waals surface area contributed by atoms with E-state index >= 15 is 17.6 Å². The first-order valence-electron chi connectivity index (χ1n) is 20.1. The number of amides is 2. The number of aryl methyl sites for hydroxylation is 1. The maximum atomic E-state index is 16.1. The van der Waals surface area contributed by atoms with Crippen LogP contribution in [0.25, 0.3) is 27.9 Å². The van der Waals surface area contributed by atoms with Crippen molar-refractivity contribution in [2.24, 2.45) is 0 Å². The summed E-state index contributed by atoms with van der Waals surface area (Å²) < 4.78 is 130. The lowest BCUT2D eigenvalue weighted by atomic mass is 9.76. The summed E-state index contributed by atoms with van der Waals surface area (Å²) in [5.41, 5.74) is 0.0344. The highest BCUT2D eigenvalue weighted by atomic mass is 32.2. The lowest BCUT2D eigenvalue weighted by Gasteiger charge is -2.30. The van der Waals surface area contributed by atoms with Gasteiger partial charge in [0.2, 0.25) is 11.0 Å². The molecule has 3 heterocycles. The molecule has 1 atom stereocenters. The average Bonchev–Trinajstić information content (AvgIpc) is 3.66. The van der Waals surface area contributed by atoms with Crippen molar-refractivity contribution in [1.82, 2.24) is 5.06 Å². The van der Waals surface area contributed by atoms with Gasteiger partial charge >= 0.3 is 5.97 Å². The molecular weight excluding hydrogens is 859 g/mol. The van der Waals surface area contributed by atoms with Gasteiger partial charge in [-0.1, -0.05) is 49.3 Å². The summed E-state index contributed by atoms with van der Waals surface area (Å²) in [4.78, 5) is 42.4. The number of hydrogen-bond acceptors (Lipinski definition) is 10. The minimum atomic E-state index is -4.38. The molecular formula is C43H45F4N3O10S2. The molecule has 6 rings (SSSR count). The van der Waals surface area contributed by atoms with Crippen LogP contribution in [0.1, 0.15) is 88.7 Å². The van der Waals surface area contributed by atoms with Gasteiger partial charge in [-0.3, -0.25) is 14.1 Å². The largest absolute Gasteiger partial charge is 0.748 e. The molecule has 13 nitrogen and oxygen atoms in total. The van der Waals surface area contributed by atoms with E-state index in [0.717, 1.165) is 27.4 Å². The van der Waals surface area contributed by atoms with Crippen LogP contribution < -0.4 is 9.47 Å². The van der Waals surface area contributed by atoms with E-state index in [9.17, 15) is 40.3 Å². The predicted octanol–water partition coefficient (Wildman–Crippen LogP) is 7.06. The Morgan fingerprint density at radius 2 is 1.42 bits per heavy atom. The van der Waals surface area contributed by atoms with Crippen molar-refractivity contribution in [3.05, 3.63) is 101 Å². The second kappa shape index (κ2) is 19.0. The molecule has 332 valence electrons. The number of pyridine rings is 1. The molecule has 0 radical (unpaired) electrons. The third kappa shape index (κ3) is 10.2. The Morgan fingerprint density at radius 3 is 2.03 bits per heavy atom. The molecule has 2 amide bonds. The number of anilines is 1. The fraction of sp³-hybridized carbons (Fsp3) is 0.395. The van der Waals surface area contributed by atoms with Crippen molar-refractivity contribution in [3.63, 3.8) is 0 Å². The number of para-hydroxylation sites is 2. The Balaban J connectivity index is 1.37. The van der Waals surface area contributed by atoms with E-state index in [1.54, 1.807) is 25.2 Å². The molecule has 0 saturated carbocycles. The first-order chi connectivity index (χ1) is 29.3. The highest BCUT2D eigenvalue weighted by Crippen LogP contribution is 2.54. The minimum absolute atomic E-state index is 0.00919. The highest BCUT2D eigenvalue weighted by Gasteiger charge is 2.49. The zero-order valence-corrected chi connectivity index (χ0v) is 35.4. The summed E-state index contributed by atoms with van der Waals surface area (Å²) >= 11 is 0. The minimum Gasteiger partial charge on any atom is -0.748 e. The predicted molar refractivity (Wildman–Crippen MR) is 219 cm³/mol. The topological polar surface area (TPSA) is 182 Å². The van der Waals surface area contributed by atoms with Gasteiger partial charge in [-0.25, -0.2) is 30.8 Å². The van der Waals surface area contributed by atoms with Crippen molar-refractivity contribution in [2.45, 2.75) is 89.5 Å². The van der Waals surface area contributed by atoms with Crippen LogP contribution in [0.15, 0.2) is 66.4 Å². The third-order valence-electron chi connectivity index (χ3n) is 11.2. The number of hydrogen-bond donors (Lipinski definition) is 1. The van der Waals surface area contributed by atoms with Crippen LogP contribution in [0, 0.1) is 23.3 Å². The van der Waals surface area contributed by atoms with E-state index in [4.69, 9.17) is 4.84 Å². The number of allylic oxidation sites excluding steroid dienone is 3. The first kappa shape index (κ1) is 46.3. The van der Waals surface area contributed by atoms with Gasteiger partial charge in [0.05, 0.1) is 32.3 Å². The number of benzene rings is 3. The van der Waals surface area contributed by atoms with Gasteiger partial charge in [0.25, 0.3) is 21.9 Å². The summed E-state index contributed by atoms with van der Waals surface area (Å²) in [6.45, 7) is 1.78. The molecule has 0 spiro atoms. The Hall–Kier alpha value is -5.24. The van der Waals surface area contributed by atoms with Gasteiger partial charge in [0.15, 0.2) is 23.3 Å². The number of imide groups is 1. The van der Waals surface area contributed by atoms with Crippen LogP contribution in [0.3, 0.4) is 0 Å². The number of carbonyl (C=O) groups excluding carboxylic acids is 3. The fourth-order valence-corrected chi connectivity index (χ4v) is 9.45. The summed E-state index contributed by atoms with van der Waals surface area (Å²) in [6, 6.07) is 14.9. The molecule has 1 N–H and O–H groups in total. The molecule has 3 aromatic carbocycles. The van der Waals surface area contributed by atoms with Crippen molar-refractivity contribution in [3.8, 4) is 0 Å². The van der Waals surface area contributed by atoms with E-state index < -0.39 is 89.5 Å². The molecule has 1 fully saturated rings. The van der Waals surface area contributed by atoms with E-state index in [-0.39, 0.29) is 70.0 Å². The van der Waals surface area contributed by atoms with Gasteiger partial charge < -0.3 is 14.3 Å². The maximum absolute atomic E-state index is 16.1.